The lowest BCUT2D eigenvalue weighted by Crippen LogP contribution is -2.41. The molecule has 4 aliphatic rings. The number of sulfonamides is 1. The van der Waals surface area contributed by atoms with Gasteiger partial charge in [0.2, 0.25) is 0 Å². The van der Waals surface area contributed by atoms with Crippen LogP contribution < -0.4 is 27.6 Å². The number of morpholine rings is 1. The smallest absolute Gasteiger partial charge is 0.272 e. The molecule has 12 aromatic rings. The number of carbonyl (C=O) groups is 3. The highest BCUT2D eigenvalue weighted by molar-refractivity contribution is 7.89. The molecule has 27 heteroatoms. The lowest BCUT2D eigenvalue weighted by Gasteiger charge is -2.26. The second-order valence-electron chi connectivity index (χ2n) is 28.0. The number of fused-ring (bicyclic) bond motifs is 4. The van der Waals surface area contributed by atoms with Crippen molar-refractivity contribution in [1.29, 1.82) is 0 Å². The van der Waals surface area contributed by atoms with E-state index in [9.17, 15) is 42.0 Å². The number of likely N-dealkylation sites (tertiary alicyclic amines) is 1. The molecule has 0 spiro atoms. The summed E-state index contributed by atoms with van der Waals surface area (Å²) < 4.78 is 46.4. The Bertz CT molecular complexity index is 5440. The molecule has 0 bridgehead atoms. The molecule has 3 amide bonds. The van der Waals surface area contributed by atoms with Crippen molar-refractivity contribution < 1.29 is 27.5 Å². The monoisotopic (exact) mass is 1450 g/mol. The van der Waals surface area contributed by atoms with Gasteiger partial charge in [-0.3, -0.25) is 51.2 Å². The molecule has 16 rings (SSSR count). The first-order valence-electron chi connectivity index (χ1n) is 36.1. The van der Waals surface area contributed by atoms with Crippen LogP contribution in [0.3, 0.4) is 0 Å². The van der Waals surface area contributed by atoms with Gasteiger partial charge in [-0.05, 0) is 190 Å². The summed E-state index contributed by atoms with van der Waals surface area (Å²) in [7, 11) is 3.36. The molecule has 0 unspecified atom stereocenters. The van der Waals surface area contributed by atoms with Gasteiger partial charge in [0.15, 0.2) is 5.03 Å². The van der Waals surface area contributed by atoms with Crippen LogP contribution in [0.5, 0.6) is 0 Å². The summed E-state index contributed by atoms with van der Waals surface area (Å²) >= 11 is 0. The Labute approximate surface area is 612 Å². The fourth-order valence-corrected chi connectivity index (χ4v) is 15.9. The van der Waals surface area contributed by atoms with E-state index in [4.69, 9.17) is 4.74 Å². The van der Waals surface area contributed by atoms with E-state index in [1.54, 1.807) is 113 Å². The summed E-state index contributed by atoms with van der Waals surface area (Å²) in [5.74, 6) is -0.0937. The standard InChI is InChI=1S/C21H24N4O2.C20H22N4O2.C19H22N4O3S.C19H20N4O3/c1-14-10-16(12-24(2)21(14)27)15-8-9-19-22-11-18(25(19)13-15)20(26)23-17-6-4-3-5-7-17;1-14-10-16(12-22(2)19(14)25)15-6-7-18-21-11-17(24(18)13-15)20(26)23-8-4-3-5-9-23;1-14-10-16(12-21(2)19(14)24)15-6-7-17-20-11-18(23(17)13-15)27(25,26)22-8-4-3-5-9-22;1-13-9-15(11-21(2)18(13)24)14-3-4-17-20-10-16(23(17)12-14)19(25)22-5-7-26-8-6-22/h8-13,17H,3-7H2,1-2H3,(H,23,26);6-7,10-13H,3-5,8-9H2,1-2H3;6-7,10-13H,3-5,8-9H2,1-2H3;3-4,9-12H,5-8H2,1-2H3. The van der Waals surface area contributed by atoms with Gasteiger partial charge in [0.05, 0.1) is 38.0 Å². The minimum Gasteiger partial charge on any atom is -0.378 e. The molecule has 0 radical (unpaired) electrons. The number of nitrogens with zero attached hydrogens (tertiary/aromatic N) is 15. The lowest BCUT2D eigenvalue weighted by molar-refractivity contribution is 0.0298. The second-order valence-corrected chi connectivity index (χ2v) is 29.8. The van der Waals surface area contributed by atoms with Crippen molar-refractivity contribution >= 4 is 50.3 Å². The molecule has 4 fully saturated rings. The Hall–Kier alpha value is -11.2. The molecule has 1 saturated carbocycles. The van der Waals surface area contributed by atoms with E-state index in [1.807, 2.05) is 130 Å². The average Bonchev–Trinajstić information content (AvgIpc) is 1.60. The van der Waals surface area contributed by atoms with Gasteiger partial charge >= 0.3 is 0 Å². The first kappa shape index (κ1) is 73.2. The number of imidazole rings is 4. The van der Waals surface area contributed by atoms with Crippen LogP contribution in [0, 0.1) is 27.7 Å². The third kappa shape index (κ3) is 15.5. The number of nitrogens with one attached hydrogen (secondary N) is 1. The third-order valence-corrected chi connectivity index (χ3v) is 22.1. The maximum atomic E-state index is 13.1. The SMILES string of the molecule is Cc1cc(-c2ccc3ncc(C(=O)N4CCCCC4)n3c2)cn(C)c1=O.Cc1cc(-c2ccc3ncc(C(=O)N4CCOCC4)n3c2)cn(C)c1=O.Cc1cc(-c2ccc3ncc(C(=O)NC4CCCCC4)n3c2)cn(C)c1=O.Cc1cc(-c2ccc3ncc(S(=O)(=O)N4CCCCC4)n3c2)cn(C)c1=O. The van der Waals surface area contributed by atoms with Crippen molar-refractivity contribution in [2.75, 3.05) is 52.5 Å². The Balaban J connectivity index is 0.000000125. The normalized spacial score (nSPS) is 15.2. The maximum absolute atomic E-state index is 13.1. The number of hydrogen-bond acceptors (Lipinski definition) is 14. The highest BCUT2D eigenvalue weighted by Gasteiger charge is 2.30. The molecular weight excluding hydrogens is 1370 g/mol. The van der Waals surface area contributed by atoms with Crippen molar-refractivity contribution in [3.8, 4) is 44.5 Å². The molecule has 1 N–H and O–H groups in total. The predicted molar refractivity (Wildman–Crippen MR) is 406 cm³/mol. The Morgan fingerprint density at radius 1 is 0.396 bits per heavy atom. The van der Waals surface area contributed by atoms with Crippen LogP contribution in [0.15, 0.2) is 171 Å². The van der Waals surface area contributed by atoms with Gasteiger partial charge in [0.25, 0.3) is 50.0 Å². The van der Waals surface area contributed by atoms with E-state index in [0.717, 1.165) is 114 Å². The van der Waals surface area contributed by atoms with Crippen molar-refractivity contribution in [1.82, 2.24) is 75.2 Å². The van der Waals surface area contributed by atoms with Crippen LogP contribution in [0.4, 0.5) is 0 Å². The highest BCUT2D eigenvalue weighted by atomic mass is 32.2. The number of pyridine rings is 8. The summed E-state index contributed by atoms with van der Waals surface area (Å²) in [6, 6.07) is 22.9. The summed E-state index contributed by atoms with van der Waals surface area (Å²) in [5, 5.41) is 3.34. The number of aryl methyl sites for hydroxylation is 8. The zero-order chi connectivity index (χ0) is 74.7. The van der Waals surface area contributed by atoms with Gasteiger partial charge in [-0.15, -0.1) is 0 Å². The van der Waals surface area contributed by atoms with Crippen LogP contribution >= 0.6 is 0 Å². The average molecular weight is 1450 g/mol. The number of amides is 3. The van der Waals surface area contributed by atoms with Crippen LogP contribution in [-0.2, 0) is 43.0 Å². The van der Waals surface area contributed by atoms with E-state index in [0.29, 0.717) is 90.0 Å². The Morgan fingerprint density at radius 2 is 0.726 bits per heavy atom. The van der Waals surface area contributed by atoms with E-state index < -0.39 is 10.0 Å². The van der Waals surface area contributed by atoms with Gasteiger partial charge in [0, 0.05) is 145 Å². The number of aromatic nitrogens is 12. The van der Waals surface area contributed by atoms with E-state index in [1.165, 1.54) is 36.4 Å². The lowest BCUT2D eigenvalue weighted by atomic mass is 9.95. The van der Waals surface area contributed by atoms with E-state index in [2.05, 4.69) is 25.3 Å². The predicted octanol–water partition coefficient (Wildman–Crippen LogP) is 9.37. The molecule has 3 saturated heterocycles. The number of rotatable bonds is 10. The van der Waals surface area contributed by atoms with Crippen LogP contribution in [0.2, 0.25) is 0 Å². The summed E-state index contributed by atoms with van der Waals surface area (Å²) in [6.45, 7) is 12.2. The van der Waals surface area contributed by atoms with Gasteiger partial charge < -0.3 is 38.1 Å². The zero-order valence-corrected chi connectivity index (χ0v) is 61.9. The highest BCUT2D eigenvalue weighted by Crippen LogP contribution is 2.29. The maximum Gasteiger partial charge on any atom is 0.272 e. The van der Waals surface area contributed by atoms with Crippen molar-refractivity contribution in [3.63, 3.8) is 0 Å². The van der Waals surface area contributed by atoms with Gasteiger partial charge in [-0.2, -0.15) is 4.31 Å². The fraction of sp³-hybridized carbons (Fsp3) is 0.354. The summed E-state index contributed by atoms with van der Waals surface area (Å²) in [5.41, 5.74) is 14.4. The van der Waals surface area contributed by atoms with Crippen molar-refractivity contribution in [2.45, 2.75) is 109 Å². The van der Waals surface area contributed by atoms with E-state index >= 15 is 0 Å². The topological polar surface area (TPSA) is 274 Å². The quantitative estimate of drug-likeness (QED) is 0.134. The minimum atomic E-state index is -3.59. The first-order valence-corrected chi connectivity index (χ1v) is 37.5. The molecule has 550 valence electrons. The van der Waals surface area contributed by atoms with Gasteiger partial charge in [0.1, 0.15) is 39.7 Å². The first-order chi connectivity index (χ1) is 51.0. The largest absolute Gasteiger partial charge is 0.378 e. The second kappa shape index (κ2) is 31.3. The van der Waals surface area contributed by atoms with Crippen molar-refractivity contribution in [3.05, 3.63) is 228 Å². The Morgan fingerprint density at radius 3 is 1.12 bits per heavy atom. The third-order valence-electron chi connectivity index (χ3n) is 20.2. The van der Waals surface area contributed by atoms with Crippen LogP contribution in [0.1, 0.15) is 124 Å². The Kier molecular flexibility index (Phi) is 21.6. The number of ether oxygens (including phenoxy) is 1. The van der Waals surface area contributed by atoms with Gasteiger partial charge in [-0.1, -0.05) is 25.7 Å². The fourth-order valence-electron chi connectivity index (χ4n) is 14.3. The number of piperidine rings is 2. The summed E-state index contributed by atoms with van der Waals surface area (Å²) in [4.78, 5) is 107. The van der Waals surface area contributed by atoms with Crippen LogP contribution in [-0.4, -0.2) is 155 Å². The van der Waals surface area contributed by atoms with Crippen molar-refractivity contribution in [2.24, 2.45) is 28.2 Å². The minimum absolute atomic E-state index is 0.00146. The molecule has 3 aliphatic heterocycles. The summed E-state index contributed by atoms with van der Waals surface area (Å²) in [6.07, 6.45) is 32.9. The molecule has 12 aromatic heterocycles. The molecule has 0 aromatic carbocycles. The number of carbonyl (C=O) groups excluding carboxylic acids is 3. The van der Waals surface area contributed by atoms with Gasteiger partial charge in [-0.25, -0.2) is 28.4 Å². The van der Waals surface area contributed by atoms with E-state index in [-0.39, 0.29) is 51.0 Å². The molecular formula is C79H88N16O10S. The zero-order valence-electron chi connectivity index (χ0n) is 61.1. The molecule has 0 atom stereocenters. The number of hydrogen-bond donors (Lipinski definition) is 1. The molecule has 26 nitrogen and oxygen atoms in total. The molecule has 1 aliphatic carbocycles. The molecule has 106 heavy (non-hydrogen) atoms. The van der Waals surface area contributed by atoms with Crippen LogP contribution in [0.25, 0.3) is 67.1 Å². The molecule has 15 heterocycles.